The molecular weight excluding hydrogens is 530 g/mol. The van der Waals surface area contributed by atoms with Crippen LogP contribution in [-0.4, -0.2) is 30.3 Å². The summed E-state index contributed by atoms with van der Waals surface area (Å²) < 4.78 is 5.26. The van der Waals surface area contributed by atoms with Gasteiger partial charge in [0.15, 0.2) is 0 Å². The van der Waals surface area contributed by atoms with Crippen LogP contribution in [-0.2, 0) is 14.3 Å². The van der Waals surface area contributed by atoms with Crippen molar-refractivity contribution in [2.45, 2.75) is 40.0 Å². The number of esters is 1. The Morgan fingerprint density at radius 3 is 2.23 bits per heavy atom. The average Bonchev–Trinajstić information content (AvgIpc) is 3.15. The standard InChI is InChI=1S/C31H30ClN3O5/c1-4-5-6-17-40-31(39)21-11-13-23(14-12-21)33-28(36)22-10-9-20(3)25(18-22)34-27-26(32)29(37)35(30(27)38)24-15-7-19(2)8-16-24/h7-16,18,34H,4-6,17H2,1-3H3,(H,33,36). The van der Waals surface area contributed by atoms with Crippen molar-refractivity contribution in [2.24, 2.45) is 0 Å². The van der Waals surface area contributed by atoms with Crippen LogP contribution in [0.4, 0.5) is 17.1 Å². The average molecular weight is 560 g/mol. The van der Waals surface area contributed by atoms with E-state index in [0.717, 1.165) is 35.3 Å². The van der Waals surface area contributed by atoms with Crippen LogP contribution in [0.1, 0.15) is 58.0 Å². The van der Waals surface area contributed by atoms with Crippen LogP contribution < -0.4 is 15.5 Å². The SMILES string of the molecule is CCCCCOC(=O)c1ccc(NC(=O)c2ccc(C)c(NC3=C(Cl)C(=O)N(c4ccc(C)cc4)C3=O)c2)cc1. The van der Waals surface area contributed by atoms with Crippen molar-refractivity contribution in [3.8, 4) is 0 Å². The van der Waals surface area contributed by atoms with Gasteiger partial charge in [0.25, 0.3) is 17.7 Å². The first kappa shape index (κ1) is 28.6. The van der Waals surface area contributed by atoms with Gasteiger partial charge in [0, 0.05) is 16.9 Å². The fourth-order valence-corrected chi connectivity index (χ4v) is 4.28. The first-order valence-corrected chi connectivity index (χ1v) is 13.4. The van der Waals surface area contributed by atoms with Gasteiger partial charge in [0.2, 0.25) is 0 Å². The Kier molecular flexibility index (Phi) is 9.01. The molecule has 0 radical (unpaired) electrons. The zero-order valence-corrected chi connectivity index (χ0v) is 23.3. The number of anilines is 3. The van der Waals surface area contributed by atoms with E-state index in [1.54, 1.807) is 73.7 Å². The van der Waals surface area contributed by atoms with Gasteiger partial charge in [-0.15, -0.1) is 0 Å². The van der Waals surface area contributed by atoms with Crippen molar-refractivity contribution in [2.75, 3.05) is 22.1 Å². The second-order valence-electron chi connectivity index (χ2n) is 9.50. The van der Waals surface area contributed by atoms with Crippen molar-refractivity contribution in [1.82, 2.24) is 0 Å². The minimum Gasteiger partial charge on any atom is -0.462 e. The minimum atomic E-state index is -0.627. The first-order chi connectivity index (χ1) is 19.2. The molecule has 1 aliphatic rings. The Bertz CT molecular complexity index is 1480. The Balaban J connectivity index is 1.44. The van der Waals surface area contributed by atoms with Crippen molar-refractivity contribution in [3.63, 3.8) is 0 Å². The molecule has 0 atom stereocenters. The number of unbranched alkanes of at least 4 members (excludes halogenated alkanes) is 2. The lowest BCUT2D eigenvalue weighted by Gasteiger charge is -2.16. The predicted molar refractivity (Wildman–Crippen MR) is 156 cm³/mol. The van der Waals surface area contributed by atoms with Gasteiger partial charge in [0.05, 0.1) is 17.9 Å². The van der Waals surface area contributed by atoms with E-state index in [9.17, 15) is 19.2 Å². The zero-order chi connectivity index (χ0) is 28.8. The molecule has 2 N–H and O–H groups in total. The molecule has 0 saturated carbocycles. The molecule has 3 aromatic rings. The number of aryl methyl sites for hydroxylation is 2. The molecule has 4 rings (SSSR count). The fraction of sp³-hybridized carbons (Fsp3) is 0.226. The summed E-state index contributed by atoms with van der Waals surface area (Å²) >= 11 is 6.28. The van der Waals surface area contributed by atoms with E-state index in [0.29, 0.717) is 34.8 Å². The van der Waals surface area contributed by atoms with Crippen molar-refractivity contribution >= 4 is 52.4 Å². The number of imide groups is 1. The summed E-state index contributed by atoms with van der Waals surface area (Å²) in [7, 11) is 0. The quantitative estimate of drug-likeness (QED) is 0.171. The maximum absolute atomic E-state index is 13.1. The van der Waals surface area contributed by atoms with E-state index < -0.39 is 23.7 Å². The summed E-state index contributed by atoms with van der Waals surface area (Å²) in [6.45, 7) is 6.16. The zero-order valence-electron chi connectivity index (χ0n) is 22.5. The van der Waals surface area contributed by atoms with Gasteiger partial charge in [-0.3, -0.25) is 14.4 Å². The largest absolute Gasteiger partial charge is 0.462 e. The lowest BCUT2D eigenvalue weighted by Crippen LogP contribution is -2.32. The smallest absolute Gasteiger partial charge is 0.338 e. The number of carbonyl (C=O) groups is 4. The number of hydrogen-bond donors (Lipinski definition) is 2. The molecule has 9 heteroatoms. The first-order valence-electron chi connectivity index (χ1n) is 13.0. The number of carbonyl (C=O) groups excluding carboxylic acids is 4. The highest BCUT2D eigenvalue weighted by Gasteiger charge is 2.39. The van der Waals surface area contributed by atoms with Crippen LogP contribution in [0.3, 0.4) is 0 Å². The van der Waals surface area contributed by atoms with Gasteiger partial charge >= 0.3 is 5.97 Å². The van der Waals surface area contributed by atoms with Crippen LogP contribution in [0, 0.1) is 13.8 Å². The maximum Gasteiger partial charge on any atom is 0.338 e. The third-order valence-corrected chi connectivity index (χ3v) is 6.79. The highest BCUT2D eigenvalue weighted by atomic mass is 35.5. The Morgan fingerprint density at radius 1 is 0.875 bits per heavy atom. The third-order valence-electron chi connectivity index (χ3n) is 6.44. The summed E-state index contributed by atoms with van der Waals surface area (Å²) in [5.41, 5.74) is 3.74. The fourth-order valence-electron chi connectivity index (χ4n) is 4.07. The molecule has 0 spiro atoms. The molecule has 8 nitrogen and oxygen atoms in total. The van der Waals surface area contributed by atoms with E-state index in [-0.39, 0.29) is 10.7 Å². The van der Waals surface area contributed by atoms with E-state index in [4.69, 9.17) is 16.3 Å². The molecule has 1 aliphatic heterocycles. The van der Waals surface area contributed by atoms with Gasteiger partial charge in [-0.1, -0.05) is 55.1 Å². The van der Waals surface area contributed by atoms with Crippen LogP contribution in [0.5, 0.6) is 0 Å². The van der Waals surface area contributed by atoms with E-state index in [1.165, 1.54) is 0 Å². The number of benzene rings is 3. The van der Waals surface area contributed by atoms with Crippen LogP contribution in [0.2, 0.25) is 0 Å². The second-order valence-corrected chi connectivity index (χ2v) is 9.88. The number of hydrogen-bond acceptors (Lipinski definition) is 6. The molecule has 0 unspecified atom stereocenters. The lowest BCUT2D eigenvalue weighted by atomic mass is 10.1. The molecule has 206 valence electrons. The highest BCUT2D eigenvalue weighted by molar-refractivity contribution is 6.53. The molecule has 0 fully saturated rings. The summed E-state index contributed by atoms with van der Waals surface area (Å²) in [5.74, 6) is -2.01. The van der Waals surface area contributed by atoms with Crippen molar-refractivity contribution < 1.29 is 23.9 Å². The summed E-state index contributed by atoms with van der Waals surface area (Å²) in [6.07, 6.45) is 2.86. The van der Waals surface area contributed by atoms with Gasteiger partial charge < -0.3 is 15.4 Å². The predicted octanol–water partition coefficient (Wildman–Crippen LogP) is 6.34. The number of nitrogens with zero attached hydrogens (tertiary/aromatic N) is 1. The van der Waals surface area contributed by atoms with Crippen LogP contribution in [0.25, 0.3) is 0 Å². The molecule has 0 aromatic heterocycles. The molecule has 3 amide bonds. The number of halogens is 1. The lowest BCUT2D eigenvalue weighted by molar-refractivity contribution is -0.120. The van der Waals surface area contributed by atoms with Crippen LogP contribution in [0.15, 0.2) is 77.5 Å². The minimum absolute atomic E-state index is 0.0648. The van der Waals surface area contributed by atoms with Crippen molar-refractivity contribution in [1.29, 1.82) is 0 Å². The molecule has 0 saturated heterocycles. The normalized spacial score (nSPS) is 13.1. The topological polar surface area (TPSA) is 105 Å². The monoisotopic (exact) mass is 559 g/mol. The Labute approximate surface area is 238 Å². The summed E-state index contributed by atoms with van der Waals surface area (Å²) in [4.78, 5) is 52.1. The third kappa shape index (κ3) is 6.40. The van der Waals surface area contributed by atoms with Crippen molar-refractivity contribution in [3.05, 3.63) is 99.7 Å². The maximum atomic E-state index is 13.1. The summed E-state index contributed by atoms with van der Waals surface area (Å²) in [5, 5.41) is 5.52. The molecule has 1 heterocycles. The number of ether oxygens (including phenoxy) is 1. The molecule has 3 aromatic carbocycles. The number of nitrogens with one attached hydrogen (secondary N) is 2. The number of rotatable bonds is 10. The van der Waals surface area contributed by atoms with Gasteiger partial charge in [-0.25, -0.2) is 9.69 Å². The Hall–Kier alpha value is -4.43. The second kappa shape index (κ2) is 12.6. The highest BCUT2D eigenvalue weighted by Crippen LogP contribution is 2.31. The summed E-state index contributed by atoms with van der Waals surface area (Å²) in [6, 6.07) is 18.3. The van der Waals surface area contributed by atoms with Gasteiger partial charge in [-0.2, -0.15) is 0 Å². The number of amides is 3. The van der Waals surface area contributed by atoms with Crippen LogP contribution >= 0.6 is 11.6 Å². The van der Waals surface area contributed by atoms with E-state index in [1.807, 2.05) is 6.92 Å². The molecule has 40 heavy (non-hydrogen) atoms. The van der Waals surface area contributed by atoms with Gasteiger partial charge in [0.1, 0.15) is 10.7 Å². The van der Waals surface area contributed by atoms with Gasteiger partial charge in [-0.05, 0) is 74.4 Å². The molecule has 0 bridgehead atoms. The Morgan fingerprint density at radius 2 is 1.55 bits per heavy atom. The molecule has 0 aliphatic carbocycles. The van der Waals surface area contributed by atoms with E-state index >= 15 is 0 Å². The molecular formula is C31H30ClN3O5. The van der Waals surface area contributed by atoms with E-state index in [2.05, 4.69) is 17.6 Å².